The summed E-state index contributed by atoms with van der Waals surface area (Å²) in [6.07, 6.45) is 2.15. The van der Waals surface area contributed by atoms with Crippen LogP contribution in [-0.4, -0.2) is 28.7 Å². The van der Waals surface area contributed by atoms with Crippen molar-refractivity contribution in [2.75, 3.05) is 13.2 Å². The Balaban J connectivity index is 1.73. The number of nitrogens with zero attached hydrogens (tertiary/aromatic N) is 1. The molecule has 5 nitrogen and oxygen atoms in total. The van der Waals surface area contributed by atoms with E-state index in [4.69, 9.17) is 16.3 Å². The molecule has 1 aromatic heterocycles. The summed E-state index contributed by atoms with van der Waals surface area (Å²) in [4.78, 5) is 19.2. The SMILES string of the molecule is CC1(CNCc2nc3cc(Cl)ccc3c(=O)[nH]2)CCCO1. The highest BCUT2D eigenvalue weighted by Gasteiger charge is 2.29. The van der Waals surface area contributed by atoms with Gasteiger partial charge in [-0.05, 0) is 38.0 Å². The van der Waals surface area contributed by atoms with Crippen molar-refractivity contribution in [2.24, 2.45) is 0 Å². The summed E-state index contributed by atoms with van der Waals surface area (Å²) in [6, 6.07) is 5.09. The third-order valence-corrected chi connectivity index (χ3v) is 4.04. The molecule has 1 aliphatic heterocycles. The number of nitrogens with one attached hydrogen (secondary N) is 2. The normalized spacial score (nSPS) is 22.0. The molecule has 0 aliphatic carbocycles. The Labute approximate surface area is 127 Å². The van der Waals surface area contributed by atoms with Crippen molar-refractivity contribution in [3.05, 3.63) is 39.4 Å². The largest absolute Gasteiger partial charge is 0.374 e. The first-order valence-corrected chi connectivity index (χ1v) is 7.47. The average molecular weight is 308 g/mol. The number of benzene rings is 1. The molecule has 1 aromatic carbocycles. The van der Waals surface area contributed by atoms with E-state index in [1.165, 1.54) is 0 Å². The highest BCUT2D eigenvalue weighted by atomic mass is 35.5. The lowest BCUT2D eigenvalue weighted by Gasteiger charge is -2.23. The van der Waals surface area contributed by atoms with Gasteiger partial charge in [0.1, 0.15) is 5.82 Å². The molecular weight excluding hydrogens is 290 g/mol. The van der Waals surface area contributed by atoms with E-state index in [1.807, 2.05) is 0 Å². The number of aromatic nitrogens is 2. The fraction of sp³-hybridized carbons (Fsp3) is 0.467. The molecule has 0 radical (unpaired) electrons. The molecule has 112 valence electrons. The number of hydrogen-bond acceptors (Lipinski definition) is 4. The first-order valence-electron chi connectivity index (χ1n) is 7.09. The van der Waals surface area contributed by atoms with Gasteiger partial charge in [-0.1, -0.05) is 11.6 Å². The van der Waals surface area contributed by atoms with Crippen LogP contribution in [0, 0.1) is 0 Å². The Hall–Kier alpha value is -1.43. The highest BCUT2D eigenvalue weighted by molar-refractivity contribution is 6.31. The maximum atomic E-state index is 12.0. The van der Waals surface area contributed by atoms with Crippen molar-refractivity contribution >= 4 is 22.5 Å². The second-order valence-corrected chi connectivity index (χ2v) is 6.12. The molecule has 21 heavy (non-hydrogen) atoms. The van der Waals surface area contributed by atoms with Gasteiger partial charge in [0.25, 0.3) is 5.56 Å². The summed E-state index contributed by atoms with van der Waals surface area (Å²) in [6.45, 7) is 4.16. The smallest absolute Gasteiger partial charge is 0.258 e. The van der Waals surface area contributed by atoms with Crippen LogP contribution >= 0.6 is 11.6 Å². The molecule has 1 atom stereocenters. The van der Waals surface area contributed by atoms with Crippen LogP contribution in [0.3, 0.4) is 0 Å². The number of fused-ring (bicyclic) bond motifs is 1. The van der Waals surface area contributed by atoms with Gasteiger partial charge in [0, 0.05) is 18.2 Å². The van der Waals surface area contributed by atoms with Crippen LogP contribution in [0.5, 0.6) is 0 Å². The Morgan fingerprint density at radius 1 is 1.52 bits per heavy atom. The lowest BCUT2D eigenvalue weighted by Crippen LogP contribution is -2.37. The molecule has 6 heteroatoms. The predicted molar refractivity (Wildman–Crippen MR) is 82.7 cm³/mol. The zero-order chi connectivity index (χ0) is 14.9. The van der Waals surface area contributed by atoms with Gasteiger partial charge in [0.05, 0.1) is 23.0 Å². The summed E-state index contributed by atoms with van der Waals surface area (Å²) in [5.74, 6) is 0.608. The Morgan fingerprint density at radius 2 is 2.38 bits per heavy atom. The van der Waals surface area contributed by atoms with Gasteiger partial charge in [-0.25, -0.2) is 4.98 Å². The zero-order valence-corrected chi connectivity index (χ0v) is 12.7. The van der Waals surface area contributed by atoms with Crippen LogP contribution in [0.4, 0.5) is 0 Å². The number of hydrogen-bond donors (Lipinski definition) is 2. The standard InChI is InChI=1S/C15H18ClN3O2/c1-15(5-2-6-21-15)9-17-8-13-18-12-7-10(16)3-4-11(12)14(20)19-13/h3-4,7,17H,2,5-6,8-9H2,1H3,(H,18,19,20). The molecule has 0 amide bonds. The van der Waals surface area contributed by atoms with Gasteiger partial charge in [-0.3, -0.25) is 4.79 Å². The highest BCUT2D eigenvalue weighted by Crippen LogP contribution is 2.23. The summed E-state index contributed by atoms with van der Waals surface area (Å²) in [5.41, 5.74) is 0.364. The Morgan fingerprint density at radius 3 is 3.14 bits per heavy atom. The minimum Gasteiger partial charge on any atom is -0.374 e. The molecule has 1 saturated heterocycles. The van der Waals surface area contributed by atoms with E-state index in [2.05, 4.69) is 22.2 Å². The number of aromatic amines is 1. The van der Waals surface area contributed by atoms with E-state index in [-0.39, 0.29) is 11.2 Å². The van der Waals surface area contributed by atoms with Gasteiger partial charge in [0.2, 0.25) is 0 Å². The quantitative estimate of drug-likeness (QED) is 0.909. The second-order valence-electron chi connectivity index (χ2n) is 5.68. The number of ether oxygens (including phenoxy) is 1. The molecule has 1 aliphatic rings. The van der Waals surface area contributed by atoms with E-state index >= 15 is 0 Å². The van der Waals surface area contributed by atoms with Crippen molar-refractivity contribution < 1.29 is 4.74 Å². The molecule has 0 saturated carbocycles. The van der Waals surface area contributed by atoms with Crippen molar-refractivity contribution in [2.45, 2.75) is 31.9 Å². The van der Waals surface area contributed by atoms with Crippen LogP contribution in [0.15, 0.2) is 23.0 Å². The molecule has 0 spiro atoms. The topological polar surface area (TPSA) is 67.0 Å². The van der Waals surface area contributed by atoms with Gasteiger partial charge in [0.15, 0.2) is 0 Å². The lowest BCUT2D eigenvalue weighted by molar-refractivity contribution is 0.0205. The molecule has 1 fully saturated rings. The monoisotopic (exact) mass is 307 g/mol. The van der Waals surface area contributed by atoms with Crippen LogP contribution in [-0.2, 0) is 11.3 Å². The molecular formula is C15H18ClN3O2. The first-order chi connectivity index (χ1) is 10.1. The summed E-state index contributed by atoms with van der Waals surface area (Å²) in [7, 11) is 0. The number of halogens is 1. The van der Waals surface area contributed by atoms with Gasteiger partial charge in [-0.15, -0.1) is 0 Å². The first kappa shape index (κ1) is 14.5. The maximum Gasteiger partial charge on any atom is 0.258 e. The number of rotatable bonds is 4. The molecule has 2 aromatic rings. The fourth-order valence-electron chi connectivity index (χ4n) is 2.67. The van der Waals surface area contributed by atoms with E-state index in [9.17, 15) is 4.79 Å². The van der Waals surface area contributed by atoms with E-state index in [0.29, 0.717) is 28.3 Å². The molecule has 3 rings (SSSR count). The predicted octanol–water partition coefficient (Wildman–Crippen LogP) is 2.24. The van der Waals surface area contributed by atoms with Gasteiger partial charge in [-0.2, -0.15) is 0 Å². The van der Waals surface area contributed by atoms with Crippen molar-refractivity contribution in [1.29, 1.82) is 0 Å². The van der Waals surface area contributed by atoms with Crippen LogP contribution in [0.25, 0.3) is 10.9 Å². The summed E-state index contributed by atoms with van der Waals surface area (Å²) < 4.78 is 5.72. The van der Waals surface area contributed by atoms with Crippen molar-refractivity contribution in [3.63, 3.8) is 0 Å². The van der Waals surface area contributed by atoms with Crippen molar-refractivity contribution in [1.82, 2.24) is 15.3 Å². The minimum absolute atomic E-state index is 0.111. The maximum absolute atomic E-state index is 12.0. The Bertz CT molecular complexity index is 708. The molecule has 0 bridgehead atoms. The molecule has 1 unspecified atom stereocenters. The lowest BCUT2D eigenvalue weighted by atomic mass is 10.0. The van der Waals surface area contributed by atoms with Crippen molar-refractivity contribution in [3.8, 4) is 0 Å². The van der Waals surface area contributed by atoms with E-state index in [0.717, 1.165) is 26.0 Å². The second kappa shape index (κ2) is 5.75. The zero-order valence-electron chi connectivity index (χ0n) is 11.9. The van der Waals surface area contributed by atoms with E-state index in [1.54, 1.807) is 18.2 Å². The summed E-state index contributed by atoms with van der Waals surface area (Å²) >= 11 is 5.95. The van der Waals surface area contributed by atoms with Gasteiger partial charge < -0.3 is 15.0 Å². The van der Waals surface area contributed by atoms with Gasteiger partial charge >= 0.3 is 0 Å². The molecule has 2 heterocycles. The van der Waals surface area contributed by atoms with Crippen LogP contribution < -0.4 is 10.9 Å². The minimum atomic E-state index is -0.142. The van der Waals surface area contributed by atoms with E-state index < -0.39 is 0 Å². The van der Waals surface area contributed by atoms with Crippen LogP contribution in [0.1, 0.15) is 25.6 Å². The Kier molecular flexibility index (Phi) is 3.97. The third-order valence-electron chi connectivity index (χ3n) is 3.81. The number of H-pyrrole nitrogens is 1. The summed E-state index contributed by atoms with van der Waals surface area (Å²) in [5, 5.41) is 4.43. The molecule has 2 N–H and O–H groups in total. The average Bonchev–Trinajstić information content (AvgIpc) is 2.85. The third kappa shape index (κ3) is 3.26. The fourth-order valence-corrected chi connectivity index (χ4v) is 2.83. The van der Waals surface area contributed by atoms with Crippen LogP contribution in [0.2, 0.25) is 5.02 Å².